The van der Waals surface area contributed by atoms with Crippen molar-refractivity contribution < 1.29 is 23.5 Å². The lowest BCUT2D eigenvalue weighted by atomic mass is 9.97. The summed E-state index contributed by atoms with van der Waals surface area (Å²) < 4.78 is 24.4. The van der Waals surface area contributed by atoms with Crippen LogP contribution < -0.4 is 5.32 Å². The highest BCUT2D eigenvalue weighted by molar-refractivity contribution is 5.89. The van der Waals surface area contributed by atoms with Gasteiger partial charge in [0, 0.05) is 19.6 Å². The molecule has 1 atom stereocenters. The van der Waals surface area contributed by atoms with E-state index in [2.05, 4.69) is 10.2 Å². The van der Waals surface area contributed by atoms with E-state index in [9.17, 15) is 23.5 Å². The molecule has 1 aliphatic heterocycles. The molecule has 2 rings (SSSR count). The molecule has 7 heteroatoms. The third kappa shape index (κ3) is 4.99. The average Bonchev–Trinajstić information content (AvgIpc) is 2.53. The number of halogens is 2. The van der Waals surface area contributed by atoms with Crippen molar-refractivity contribution in [2.45, 2.75) is 25.8 Å². The first-order valence-electron chi connectivity index (χ1n) is 7.56. The Bertz CT molecular complexity index is 566. The second-order valence-corrected chi connectivity index (χ2v) is 5.75. The van der Waals surface area contributed by atoms with Gasteiger partial charge in [0.05, 0.1) is 5.56 Å². The van der Waals surface area contributed by atoms with Gasteiger partial charge in [-0.3, -0.25) is 9.69 Å². The Morgan fingerprint density at radius 2 is 2.09 bits per heavy atom. The lowest BCUT2D eigenvalue weighted by Gasteiger charge is -2.33. The molecule has 0 unspecified atom stereocenters. The van der Waals surface area contributed by atoms with Gasteiger partial charge in [0.2, 0.25) is 0 Å². The number of carboxylic acids is 1. The number of alkyl halides is 2. The molecular weight excluding hydrogens is 306 g/mol. The molecule has 0 saturated carbocycles. The zero-order chi connectivity index (χ0) is 16.8. The molecule has 2 N–H and O–H groups in total. The second-order valence-electron chi connectivity index (χ2n) is 5.75. The molecule has 23 heavy (non-hydrogen) atoms. The summed E-state index contributed by atoms with van der Waals surface area (Å²) in [4.78, 5) is 24.3. The number of carboxylic acid groups (broad SMARTS) is 1. The van der Waals surface area contributed by atoms with Gasteiger partial charge in [0.1, 0.15) is 0 Å². The number of likely N-dealkylation sites (tertiary alicyclic amines) is 1. The van der Waals surface area contributed by atoms with Crippen molar-refractivity contribution in [3.63, 3.8) is 0 Å². The fourth-order valence-corrected chi connectivity index (χ4v) is 2.89. The number of aromatic carboxylic acids is 1. The standard InChI is InChI=1S/C16H20F2N2O3/c17-14(18)15(21)19-8-11-4-3-7-20(9-11)10-12-5-1-2-6-13(12)16(22)23/h1-2,5-6,11,14H,3-4,7-10H2,(H,19,21)(H,22,23)/t11-/m0/s1. The summed E-state index contributed by atoms with van der Waals surface area (Å²) in [5.74, 6) is -2.10. The van der Waals surface area contributed by atoms with Crippen molar-refractivity contribution in [1.29, 1.82) is 0 Å². The van der Waals surface area contributed by atoms with Gasteiger partial charge in [-0.05, 0) is 36.9 Å². The van der Waals surface area contributed by atoms with E-state index in [4.69, 9.17) is 0 Å². The number of piperidine rings is 1. The third-order valence-electron chi connectivity index (χ3n) is 4.01. The van der Waals surface area contributed by atoms with Crippen LogP contribution >= 0.6 is 0 Å². The molecule has 5 nitrogen and oxygen atoms in total. The quantitative estimate of drug-likeness (QED) is 0.839. The number of carbonyl (C=O) groups is 2. The number of rotatable bonds is 6. The predicted molar refractivity (Wildman–Crippen MR) is 80.4 cm³/mol. The van der Waals surface area contributed by atoms with E-state index in [0.717, 1.165) is 24.9 Å². The number of nitrogens with zero attached hydrogens (tertiary/aromatic N) is 1. The van der Waals surface area contributed by atoms with E-state index in [-0.39, 0.29) is 18.0 Å². The van der Waals surface area contributed by atoms with Crippen molar-refractivity contribution in [2.24, 2.45) is 5.92 Å². The summed E-state index contributed by atoms with van der Waals surface area (Å²) in [6.45, 7) is 2.20. The van der Waals surface area contributed by atoms with Crippen LogP contribution in [0.3, 0.4) is 0 Å². The highest BCUT2D eigenvalue weighted by Gasteiger charge is 2.23. The van der Waals surface area contributed by atoms with Gasteiger partial charge in [-0.2, -0.15) is 8.78 Å². The normalized spacial score (nSPS) is 18.8. The Morgan fingerprint density at radius 1 is 1.35 bits per heavy atom. The van der Waals surface area contributed by atoms with E-state index in [1.165, 1.54) is 0 Å². The van der Waals surface area contributed by atoms with Crippen LogP contribution in [0.2, 0.25) is 0 Å². The predicted octanol–water partition coefficient (Wildman–Crippen LogP) is 1.98. The Morgan fingerprint density at radius 3 is 2.78 bits per heavy atom. The molecule has 0 aromatic heterocycles. The first-order valence-corrected chi connectivity index (χ1v) is 7.56. The summed E-state index contributed by atoms with van der Waals surface area (Å²) in [6, 6.07) is 6.84. The second kappa shape index (κ2) is 8.01. The lowest BCUT2D eigenvalue weighted by Crippen LogP contribution is -2.42. The molecule has 1 amide bonds. The molecule has 1 saturated heterocycles. The van der Waals surface area contributed by atoms with E-state index in [1.807, 2.05) is 0 Å². The van der Waals surface area contributed by atoms with Gasteiger partial charge in [0.15, 0.2) is 0 Å². The number of hydrogen-bond acceptors (Lipinski definition) is 3. The van der Waals surface area contributed by atoms with Gasteiger partial charge in [-0.15, -0.1) is 0 Å². The zero-order valence-electron chi connectivity index (χ0n) is 12.7. The monoisotopic (exact) mass is 326 g/mol. The smallest absolute Gasteiger partial charge is 0.336 e. The minimum Gasteiger partial charge on any atom is -0.478 e. The molecule has 0 radical (unpaired) electrons. The molecule has 1 fully saturated rings. The van der Waals surface area contributed by atoms with Crippen LogP contribution in [0, 0.1) is 5.92 Å². The highest BCUT2D eigenvalue weighted by atomic mass is 19.3. The first-order chi connectivity index (χ1) is 11.0. The summed E-state index contributed by atoms with van der Waals surface area (Å²) in [7, 11) is 0. The number of hydrogen-bond donors (Lipinski definition) is 2. The number of carbonyl (C=O) groups excluding carboxylic acids is 1. The zero-order valence-corrected chi connectivity index (χ0v) is 12.7. The van der Waals surface area contributed by atoms with Crippen LogP contribution in [0.4, 0.5) is 8.78 Å². The molecular formula is C16H20F2N2O3. The number of amides is 1. The summed E-state index contributed by atoms with van der Waals surface area (Å²) >= 11 is 0. The third-order valence-corrected chi connectivity index (χ3v) is 4.01. The largest absolute Gasteiger partial charge is 0.478 e. The molecule has 1 aromatic rings. The van der Waals surface area contributed by atoms with Crippen molar-refractivity contribution in [3.05, 3.63) is 35.4 Å². The maximum Gasteiger partial charge on any atom is 0.336 e. The van der Waals surface area contributed by atoms with Gasteiger partial charge in [-0.1, -0.05) is 18.2 Å². The van der Waals surface area contributed by atoms with Crippen LogP contribution in [0.25, 0.3) is 0 Å². The summed E-state index contributed by atoms with van der Waals surface area (Å²) in [5.41, 5.74) is 1.01. The topological polar surface area (TPSA) is 69.6 Å². The molecule has 1 aliphatic rings. The molecule has 0 spiro atoms. The van der Waals surface area contributed by atoms with E-state index in [0.29, 0.717) is 13.1 Å². The Hall–Kier alpha value is -2.02. The van der Waals surface area contributed by atoms with Crippen LogP contribution in [0.1, 0.15) is 28.8 Å². The van der Waals surface area contributed by atoms with Gasteiger partial charge < -0.3 is 10.4 Å². The number of nitrogens with one attached hydrogen (secondary N) is 1. The SMILES string of the molecule is O=C(O)c1ccccc1CN1CCC[C@@H](CNC(=O)C(F)F)C1. The molecule has 1 aromatic carbocycles. The number of benzene rings is 1. The highest BCUT2D eigenvalue weighted by Crippen LogP contribution is 2.20. The van der Waals surface area contributed by atoms with Crippen molar-refractivity contribution in [2.75, 3.05) is 19.6 Å². The van der Waals surface area contributed by atoms with E-state index in [1.54, 1.807) is 24.3 Å². The Kier molecular flexibility index (Phi) is 6.04. The maximum atomic E-state index is 12.2. The molecule has 0 aliphatic carbocycles. The van der Waals surface area contributed by atoms with Crippen molar-refractivity contribution >= 4 is 11.9 Å². The van der Waals surface area contributed by atoms with Gasteiger partial charge in [-0.25, -0.2) is 4.79 Å². The van der Waals surface area contributed by atoms with Crippen molar-refractivity contribution in [1.82, 2.24) is 10.2 Å². The molecule has 126 valence electrons. The fourth-order valence-electron chi connectivity index (χ4n) is 2.89. The average molecular weight is 326 g/mol. The van der Waals surface area contributed by atoms with Crippen LogP contribution in [-0.2, 0) is 11.3 Å². The first kappa shape index (κ1) is 17.3. The van der Waals surface area contributed by atoms with Crippen LogP contribution in [-0.4, -0.2) is 47.9 Å². The summed E-state index contributed by atoms with van der Waals surface area (Å²) in [6.07, 6.45) is -1.23. The Balaban J connectivity index is 1.92. The van der Waals surface area contributed by atoms with E-state index < -0.39 is 18.3 Å². The van der Waals surface area contributed by atoms with Gasteiger partial charge in [0.25, 0.3) is 5.91 Å². The fraction of sp³-hybridized carbons (Fsp3) is 0.500. The molecule has 1 heterocycles. The lowest BCUT2D eigenvalue weighted by molar-refractivity contribution is -0.132. The minimum atomic E-state index is -2.99. The maximum absolute atomic E-state index is 12.2. The van der Waals surface area contributed by atoms with Crippen LogP contribution in [0.15, 0.2) is 24.3 Å². The van der Waals surface area contributed by atoms with E-state index >= 15 is 0 Å². The minimum absolute atomic E-state index is 0.100. The Labute approximate surface area is 133 Å². The van der Waals surface area contributed by atoms with Crippen molar-refractivity contribution in [3.8, 4) is 0 Å². The van der Waals surface area contributed by atoms with Gasteiger partial charge >= 0.3 is 12.4 Å². The molecule has 0 bridgehead atoms. The summed E-state index contributed by atoms with van der Waals surface area (Å²) in [5, 5.41) is 11.5. The van der Waals surface area contributed by atoms with Crippen LogP contribution in [0.5, 0.6) is 0 Å².